The quantitative estimate of drug-likeness (QED) is 0.251. The van der Waals surface area contributed by atoms with Gasteiger partial charge in [0.15, 0.2) is 0 Å². The Bertz CT molecular complexity index is 1170. The third-order valence-electron chi connectivity index (χ3n) is 6.94. The van der Waals surface area contributed by atoms with Gasteiger partial charge >= 0.3 is 12.1 Å². The summed E-state index contributed by atoms with van der Waals surface area (Å²) in [5.74, 6) is -0.535. The minimum absolute atomic E-state index is 0.00433. The number of carbonyl (C=O) groups is 2. The number of alkyl halides is 3. The maximum atomic E-state index is 13.4. The first-order valence-electron chi connectivity index (χ1n) is 13.0. The molecule has 8 nitrogen and oxygen atoms in total. The van der Waals surface area contributed by atoms with E-state index in [4.69, 9.17) is 9.47 Å². The molecule has 2 aliphatic rings. The van der Waals surface area contributed by atoms with Gasteiger partial charge in [-0.05, 0) is 81.2 Å². The van der Waals surface area contributed by atoms with E-state index in [1.54, 1.807) is 38.1 Å². The van der Waals surface area contributed by atoms with Gasteiger partial charge in [0.2, 0.25) is 5.88 Å². The Morgan fingerprint density at radius 1 is 1.15 bits per heavy atom. The lowest BCUT2D eigenvalue weighted by molar-refractivity contribution is -0.142. The first kappa shape index (κ1) is 28.8. The lowest BCUT2D eigenvalue weighted by atomic mass is 9.93. The van der Waals surface area contributed by atoms with Gasteiger partial charge in [0.1, 0.15) is 11.1 Å². The van der Waals surface area contributed by atoms with Crippen LogP contribution in [0.3, 0.4) is 0 Å². The zero-order valence-electron chi connectivity index (χ0n) is 22.0. The fourth-order valence-corrected chi connectivity index (χ4v) is 5.04. The van der Waals surface area contributed by atoms with Gasteiger partial charge in [-0.2, -0.15) is 18.2 Å². The molecule has 2 aromatic rings. The zero-order valence-corrected chi connectivity index (χ0v) is 22.8. The van der Waals surface area contributed by atoms with E-state index in [1.165, 1.54) is 30.9 Å². The van der Waals surface area contributed by atoms with Crippen molar-refractivity contribution in [2.45, 2.75) is 57.4 Å². The van der Waals surface area contributed by atoms with E-state index in [0.29, 0.717) is 17.6 Å². The molecule has 2 fully saturated rings. The van der Waals surface area contributed by atoms with E-state index in [-0.39, 0.29) is 17.7 Å². The molecule has 1 amide bonds. The van der Waals surface area contributed by atoms with Crippen molar-refractivity contribution in [2.75, 3.05) is 41.2 Å². The van der Waals surface area contributed by atoms with Crippen LogP contribution in [0.25, 0.3) is 0 Å². The lowest BCUT2D eigenvalue weighted by Crippen LogP contribution is -2.35. The normalized spacial score (nSPS) is 16.9. The summed E-state index contributed by atoms with van der Waals surface area (Å²) in [5.41, 5.74) is 2.40. The maximum Gasteiger partial charge on any atom is 0.392 e. The number of nitrogens with one attached hydrogen (secondary N) is 2. The molecular formula is C27H33F3N4O4S. The van der Waals surface area contributed by atoms with Crippen LogP contribution in [0, 0.1) is 5.41 Å². The van der Waals surface area contributed by atoms with Crippen LogP contribution in [0.2, 0.25) is 0 Å². The highest BCUT2D eigenvalue weighted by atomic mass is 32.2. The van der Waals surface area contributed by atoms with Gasteiger partial charge in [0.05, 0.1) is 30.9 Å². The van der Waals surface area contributed by atoms with Crippen molar-refractivity contribution in [3.05, 3.63) is 42.0 Å². The molecule has 0 bridgehead atoms. The predicted molar refractivity (Wildman–Crippen MR) is 145 cm³/mol. The van der Waals surface area contributed by atoms with Crippen LogP contribution < -0.4 is 19.7 Å². The molecule has 1 saturated heterocycles. The molecule has 1 spiro atoms. The Hall–Kier alpha value is -3.15. The highest BCUT2D eigenvalue weighted by Gasteiger charge is 2.44. The van der Waals surface area contributed by atoms with Gasteiger partial charge in [-0.25, -0.2) is 0 Å². The second kappa shape index (κ2) is 12.4. The van der Waals surface area contributed by atoms with Crippen molar-refractivity contribution in [2.24, 2.45) is 5.41 Å². The number of rotatable bonds is 11. The SMILES string of the molecule is CCOC(=O)C(C)SNc1ccc(C(=O)Nc2cccc(OCCC(F)(F)F)n2)c(N2CCC3(CC2)CC3)c1. The highest BCUT2D eigenvalue weighted by Crippen LogP contribution is 2.54. The molecule has 12 heteroatoms. The fraction of sp³-hybridized carbons (Fsp3) is 0.519. The third kappa shape index (κ3) is 8.17. The molecule has 4 rings (SSSR count). The summed E-state index contributed by atoms with van der Waals surface area (Å²) in [7, 11) is 0. The molecule has 1 atom stereocenters. The number of aromatic nitrogens is 1. The molecule has 1 aromatic heterocycles. The van der Waals surface area contributed by atoms with Crippen molar-refractivity contribution in [1.82, 2.24) is 4.98 Å². The second-order valence-corrected chi connectivity index (χ2v) is 11.0. The monoisotopic (exact) mass is 566 g/mol. The number of nitrogens with zero attached hydrogens (tertiary/aromatic N) is 2. The van der Waals surface area contributed by atoms with Crippen LogP contribution in [-0.4, -0.2) is 54.6 Å². The Morgan fingerprint density at radius 2 is 1.90 bits per heavy atom. The van der Waals surface area contributed by atoms with Crippen molar-refractivity contribution >= 4 is 41.0 Å². The van der Waals surface area contributed by atoms with Crippen LogP contribution in [0.1, 0.15) is 56.3 Å². The largest absolute Gasteiger partial charge is 0.477 e. The molecule has 1 aliphatic carbocycles. The molecule has 212 valence electrons. The molecule has 0 radical (unpaired) electrons. The molecule has 39 heavy (non-hydrogen) atoms. The number of amides is 1. The van der Waals surface area contributed by atoms with Crippen LogP contribution >= 0.6 is 11.9 Å². The average molecular weight is 567 g/mol. The summed E-state index contributed by atoms with van der Waals surface area (Å²) in [4.78, 5) is 31.7. The third-order valence-corrected chi connectivity index (χ3v) is 7.84. The van der Waals surface area contributed by atoms with E-state index in [9.17, 15) is 22.8 Å². The van der Waals surface area contributed by atoms with E-state index < -0.39 is 30.4 Å². The minimum Gasteiger partial charge on any atom is -0.477 e. The number of hydrogen-bond acceptors (Lipinski definition) is 8. The zero-order chi connectivity index (χ0) is 28.0. The van der Waals surface area contributed by atoms with Gasteiger partial charge in [-0.3, -0.25) is 9.59 Å². The summed E-state index contributed by atoms with van der Waals surface area (Å²) < 4.78 is 50.7. The molecular weight excluding hydrogens is 533 g/mol. The summed E-state index contributed by atoms with van der Waals surface area (Å²) in [6.07, 6.45) is -0.774. The number of ether oxygens (including phenoxy) is 2. The van der Waals surface area contributed by atoms with Gasteiger partial charge in [-0.1, -0.05) is 6.07 Å². The number of anilines is 3. The fourth-order valence-electron chi connectivity index (χ4n) is 4.43. The number of benzene rings is 1. The predicted octanol–water partition coefficient (Wildman–Crippen LogP) is 6.06. The number of carbonyl (C=O) groups excluding carboxylic acids is 2. The standard InChI is InChI=1S/C27H33F3N4O4S/c1-3-37-25(36)18(2)39-33-19-7-8-20(21(17-19)34-14-11-26(9-10-26)12-15-34)24(35)32-22-5-4-6-23(31-22)38-16-13-27(28,29)30/h4-8,17-18,33H,3,9-16H2,1-2H3,(H,31,32,35). The Balaban J connectivity index is 1.48. The molecule has 2 heterocycles. The first-order valence-corrected chi connectivity index (χ1v) is 13.9. The average Bonchev–Trinajstić information content (AvgIpc) is 3.65. The second-order valence-electron chi connectivity index (χ2n) is 9.86. The summed E-state index contributed by atoms with van der Waals surface area (Å²) >= 11 is 1.23. The Kier molecular flexibility index (Phi) is 9.14. The Labute approximate surface area is 230 Å². The van der Waals surface area contributed by atoms with Gasteiger partial charge in [0, 0.05) is 24.8 Å². The summed E-state index contributed by atoms with van der Waals surface area (Å²) in [6.45, 7) is 4.93. The first-order chi connectivity index (χ1) is 18.6. The topological polar surface area (TPSA) is 92.8 Å². The van der Waals surface area contributed by atoms with Crippen LogP contribution in [-0.2, 0) is 9.53 Å². The van der Waals surface area contributed by atoms with Crippen molar-refractivity contribution in [1.29, 1.82) is 0 Å². The van der Waals surface area contributed by atoms with Crippen LogP contribution in [0.15, 0.2) is 36.4 Å². The smallest absolute Gasteiger partial charge is 0.392 e. The van der Waals surface area contributed by atoms with E-state index >= 15 is 0 Å². The minimum atomic E-state index is -4.33. The number of hydrogen-bond donors (Lipinski definition) is 2. The van der Waals surface area contributed by atoms with Gasteiger partial charge in [0.25, 0.3) is 5.91 Å². The van der Waals surface area contributed by atoms with Crippen molar-refractivity contribution in [3.63, 3.8) is 0 Å². The molecule has 2 N–H and O–H groups in total. The van der Waals surface area contributed by atoms with E-state index in [1.807, 2.05) is 6.07 Å². The molecule has 1 saturated carbocycles. The number of halogens is 3. The number of esters is 1. The van der Waals surface area contributed by atoms with Crippen LogP contribution in [0.4, 0.5) is 30.4 Å². The van der Waals surface area contributed by atoms with Crippen molar-refractivity contribution < 1.29 is 32.2 Å². The summed E-state index contributed by atoms with van der Waals surface area (Å²) in [5, 5.41) is 2.33. The number of piperidine rings is 1. The van der Waals surface area contributed by atoms with Gasteiger partial charge < -0.3 is 24.4 Å². The van der Waals surface area contributed by atoms with Crippen LogP contribution in [0.5, 0.6) is 5.88 Å². The molecule has 1 unspecified atom stereocenters. The van der Waals surface area contributed by atoms with Crippen molar-refractivity contribution in [3.8, 4) is 5.88 Å². The molecule has 1 aromatic carbocycles. The van der Waals surface area contributed by atoms with Gasteiger partial charge in [-0.15, -0.1) is 0 Å². The number of pyridine rings is 1. The Morgan fingerprint density at radius 3 is 2.56 bits per heavy atom. The lowest BCUT2D eigenvalue weighted by Gasteiger charge is -2.35. The van der Waals surface area contributed by atoms with E-state index in [0.717, 1.165) is 37.3 Å². The molecule has 1 aliphatic heterocycles. The highest BCUT2D eigenvalue weighted by molar-refractivity contribution is 8.01. The summed E-state index contributed by atoms with van der Waals surface area (Å²) in [6, 6.07) is 9.92. The maximum absolute atomic E-state index is 13.4. The van der Waals surface area contributed by atoms with E-state index in [2.05, 4.69) is 19.9 Å².